The van der Waals surface area contributed by atoms with Crippen LogP contribution in [0.4, 0.5) is 5.95 Å². The Bertz CT molecular complexity index is 828. The van der Waals surface area contributed by atoms with E-state index in [4.69, 9.17) is 4.74 Å². The fourth-order valence-electron chi connectivity index (χ4n) is 3.50. The first-order valence-corrected chi connectivity index (χ1v) is 9.66. The second-order valence-corrected chi connectivity index (χ2v) is 6.85. The highest BCUT2D eigenvalue weighted by molar-refractivity contribution is 7.98. The van der Waals surface area contributed by atoms with E-state index >= 15 is 0 Å². The van der Waals surface area contributed by atoms with Crippen LogP contribution in [-0.2, 0) is 4.79 Å². The van der Waals surface area contributed by atoms with E-state index in [9.17, 15) is 4.79 Å². The van der Waals surface area contributed by atoms with Gasteiger partial charge < -0.3 is 10.1 Å². The molecule has 4 rings (SSSR count). The number of carbonyl (C=O) groups excluding carboxylic acids is 1. The monoisotopic (exact) mass is 356 g/mol. The lowest BCUT2D eigenvalue weighted by Crippen LogP contribution is -2.38. The second kappa shape index (κ2) is 6.55. The normalized spacial score (nSPS) is 21.8. The molecule has 2 atom stereocenters. The lowest BCUT2D eigenvalue weighted by molar-refractivity contribution is -0.123. The number of hydrogen-bond donors (Lipinski definition) is 1. The number of thioether (sulfide) groups is 1. The van der Waals surface area contributed by atoms with Crippen LogP contribution in [0.1, 0.15) is 31.4 Å². The van der Waals surface area contributed by atoms with Crippen LogP contribution in [0.5, 0.6) is 5.75 Å². The molecule has 130 valence electrons. The van der Waals surface area contributed by atoms with Crippen LogP contribution >= 0.6 is 11.8 Å². The van der Waals surface area contributed by atoms with Gasteiger partial charge in [0.1, 0.15) is 11.5 Å². The molecule has 1 N–H and O–H groups in total. The summed E-state index contributed by atoms with van der Waals surface area (Å²) in [5.41, 5.74) is 1.98. The first-order valence-electron chi connectivity index (χ1n) is 8.44. The molecule has 0 amide bonds. The van der Waals surface area contributed by atoms with E-state index < -0.39 is 0 Å². The predicted molar refractivity (Wildman–Crippen MR) is 97.0 cm³/mol. The molecule has 1 aliphatic heterocycles. The maximum Gasteiger partial charge on any atom is 0.227 e. The smallest absolute Gasteiger partial charge is 0.227 e. The Labute approximate surface area is 150 Å². The molecule has 0 spiro atoms. The van der Waals surface area contributed by atoms with Crippen molar-refractivity contribution in [3.8, 4) is 5.75 Å². The summed E-state index contributed by atoms with van der Waals surface area (Å²) in [6, 6.07) is 7.75. The minimum absolute atomic E-state index is 0.181. The Hall–Kier alpha value is -2.28. The van der Waals surface area contributed by atoms with Crippen molar-refractivity contribution in [2.45, 2.75) is 31.0 Å². The van der Waals surface area contributed by atoms with Crippen molar-refractivity contribution in [1.82, 2.24) is 14.8 Å². The minimum atomic E-state index is -0.240. The molecule has 0 radical (unpaired) electrons. The number of fused-ring (bicyclic) bond motifs is 2. The zero-order chi connectivity index (χ0) is 17.4. The number of ketones is 1. The maximum atomic E-state index is 12.7. The van der Waals surface area contributed by atoms with Crippen LogP contribution in [0.2, 0.25) is 0 Å². The largest absolute Gasteiger partial charge is 0.494 e. The molecule has 6 nitrogen and oxygen atoms in total. The van der Waals surface area contributed by atoms with Crippen molar-refractivity contribution in [1.29, 1.82) is 0 Å². The highest BCUT2D eigenvalue weighted by atomic mass is 32.2. The SMILES string of the molecule is CCOc1ccc([C@H]2[C@@H]3C(=O)CCC=C3Nc3nc(SC)nn32)cc1. The number of anilines is 1. The Morgan fingerprint density at radius 1 is 1.36 bits per heavy atom. The first-order chi connectivity index (χ1) is 12.2. The lowest BCUT2D eigenvalue weighted by Gasteiger charge is -2.36. The molecular weight excluding hydrogens is 336 g/mol. The summed E-state index contributed by atoms with van der Waals surface area (Å²) in [4.78, 5) is 17.2. The summed E-state index contributed by atoms with van der Waals surface area (Å²) in [6.07, 6.45) is 5.41. The number of benzene rings is 1. The minimum Gasteiger partial charge on any atom is -0.494 e. The number of nitrogens with one attached hydrogen (secondary N) is 1. The van der Waals surface area contributed by atoms with Crippen LogP contribution in [0.15, 0.2) is 41.2 Å². The molecule has 25 heavy (non-hydrogen) atoms. The lowest BCUT2D eigenvalue weighted by atomic mass is 9.81. The van der Waals surface area contributed by atoms with Crippen LogP contribution in [0.25, 0.3) is 0 Å². The second-order valence-electron chi connectivity index (χ2n) is 6.08. The van der Waals surface area contributed by atoms with Crippen LogP contribution in [0, 0.1) is 5.92 Å². The van der Waals surface area contributed by atoms with Crippen molar-refractivity contribution >= 4 is 23.5 Å². The quantitative estimate of drug-likeness (QED) is 0.848. The first kappa shape index (κ1) is 16.2. The summed E-state index contributed by atoms with van der Waals surface area (Å²) in [5.74, 6) is 1.53. The molecule has 0 fully saturated rings. The third-order valence-corrected chi connectivity index (χ3v) is 5.14. The summed E-state index contributed by atoms with van der Waals surface area (Å²) < 4.78 is 7.39. The van der Waals surface area contributed by atoms with Gasteiger partial charge in [0, 0.05) is 12.1 Å². The average molecular weight is 356 g/mol. The Kier molecular flexibility index (Phi) is 4.25. The molecule has 1 aromatic heterocycles. The van der Waals surface area contributed by atoms with Gasteiger partial charge in [0.15, 0.2) is 0 Å². The summed E-state index contributed by atoms with van der Waals surface area (Å²) in [5, 5.41) is 8.61. The molecule has 0 unspecified atom stereocenters. The Morgan fingerprint density at radius 2 is 2.16 bits per heavy atom. The van der Waals surface area contributed by atoms with Gasteiger partial charge in [-0.05, 0) is 37.3 Å². The van der Waals surface area contributed by atoms with Gasteiger partial charge in [0.05, 0.1) is 18.6 Å². The van der Waals surface area contributed by atoms with E-state index in [1.807, 2.05) is 42.1 Å². The molecule has 1 aromatic carbocycles. The van der Waals surface area contributed by atoms with Crippen LogP contribution in [-0.4, -0.2) is 33.4 Å². The van der Waals surface area contributed by atoms with Crippen molar-refractivity contribution in [3.63, 3.8) is 0 Å². The van der Waals surface area contributed by atoms with E-state index in [1.54, 1.807) is 0 Å². The van der Waals surface area contributed by atoms with E-state index in [0.717, 1.165) is 23.4 Å². The highest BCUT2D eigenvalue weighted by Gasteiger charge is 2.41. The van der Waals surface area contributed by atoms with Gasteiger partial charge in [-0.2, -0.15) is 4.98 Å². The fraction of sp³-hybridized carbons (Fsp3) is 0.389. The number of nitrogens with zero attached hydrogens (tertiary/aromatic N) is 3. The molecule has 2 heterocycles. The number of Topliss-reactive ketones (excluding diaryl/α,β-unsaturated/α-hetero) is 1. The number of hydrogen-bond acceptors (Lipinski definition) is 6. The summed E-state index contributed by atoms with van der Waals surface area (Å²) in [7, 11) is 0. The van der Waals surface area contributed by atoms with Crippen molar-refractivity contribution in [2.24, 2.45) is 5.92 Å². The number of ether oxygens (including phenoxy) is 1. The molecule has 1 aliphatic carbocycles. The van der Waals surface area contributed by atoms with Crippen molar-refractivity contribution in [2.75, 3.05) is 18.2 Å². The third-order valence-electron chi connectivity index (χ3n) is 4.60. The fourth-order valence-corrected chi connectivity index (χ4v) is 3.85. The topological polar surface area (TPSA) is 69.0 Å². The van der Waals surface area contributed by atoms with Gasteiger partial charge in [0.2, 0.25) is 11.1 Å². The number of carbonyl (C=O) groups is 1. The zero-order valence-corrected chi connectivity index (χ0v) is 15.0. The van der Waals surface area contributed by atoms with E-state index in [1.165, 1.54) is 11.8 Å². The zero-order valence-electron chi connectivity index (χ0n) is 14.2. The Balaban J connectivity index is 1.81. The standard InChI is InChI=1S/C18H20N4O2S/c1-3-24-12-9-7-11(8-10-12)16-15-13(5-4-6-14(15)23)19-17-20-18(25-2)21-22(16)17/h5,7-10,15-16H,3-4,6H2,1-2H3,(H,19,20,21)/t15-,16-/m0/s1. The molecule has 2 aromatic rings. The third kappa shape index (κ3) is 2.82. The van der Waals surface area contributed by atoms with Gasteiger partial charge in [-0.25, -0.2) is 4.68 Å². The van der Waals surface area contributed by atoms with Gasteiger partial charge in [0.25, 0.3) is 0 Å². The van der Waals surface area contributed by atoms with Gasteiger partial charge >= 0.3 is 0 Å². The molecule has 7 heteroatoms. The van der Waals surface area contributed by atoms with E-state index in [0.29, 0.717) is 24.1 Å². The highest BCUT2D eigenvalue weighted by Crippen LogP contribution is 2.42. The van der Waals surface area contributed by atoms with Crippen molar-refractivity contribution < 1.29 is 9.53 Å². The van der Waals surface area contributed by atoms with Crippen LogP contribution < -0.4 is 10.1 Å². The van der Waals surface area contributed by atoms with Gasteiger partial charge in [-0.15, -0.1) is 5.10 Å². The number of aromatic nitrogens is 3. The van der Waals surface area contributed by atoms with Gasteiger partial charge in [-0.3, -0.25) is 4.79 Å². The number of rotatable bonds is 4. The molecule has 2 aliphatic rings. The number of allylic oxidation sites excluding steroid dienone is 2. The van der Waals surface area contributed by atoms with E-state index in [2.05, 4.69) is 21.5 Å². The maximum absolute atomic E-state index is 12.7. The van der Waals surface area contributed by atoms with Crippen LogP contribution in [0.3, 0.4) is 0 Å². The molecule has 0 bridgehead atoms. The van der Waals surface area contributed by atoms with E-state index in [-0.39, 0.29) is 17.7 Å². The summed E-state index contributed by atoms with van der Waals surface area (Å²) >= 11 is 1.50. The molecule has 0 saturated heterocycles. The Morgan fingerprint density at radius 3 is 2.88 bits per heavy atom. The summed E-state index contributed by atoms with van der Waals surface area (Å²) in [6.45, 7) is 2.59. The molecule has 0 saturated carbocycles. The predicted octanol–water partition coefficient (Wildman–Crippen LogP) is 3.28. The van der Waals surface area contributed by atoms with Crippen molar-refractivity contribution in [3.05, 3.63) is 41.6 Å². The average Bonchev–Trinajstić information content (AvgIpc) is 3.04. The van der Waals surface area contributed by atoms with Gasteiger partial charge in [-0.1, -0.05) is 30.0 Å². The molecular formula is C18H20N4O2S.